The SMILES string of the molecule is COc1ccccc1NC(=O)N1CCc2[nH]cnc2[C@@H]1c1ccccn1. The Kier molecular flexibility index (Phi) is 4.27. The lowest BCUT2D eigenvalue weighted by molar-refractivity contribution is 0.191. The third kappa shape index (κ3) is 2.88. The minimum atomic E-state index is -0.332. The van der Waals surface area contributed by atoms with Gasteiger partial charge in [-0.15, -0.1) is 0 Å². The molecule has 7 nitrogen and oxygen atoms in total. The van der Waals surface area contributed by atoms with Crippen molar-refractivity contribution in [3.05, 3.63) is 72.1 Å². The number of carbonyl (C=O) groups excluding carboxylic acids is 1. The van der Waals surface area contributed by atoms with Gasteiger partial charge in [0, 0.05) is 24.9 Å². The van der Waals surface area contributed by atoms with E-state index in [2.05, 4.69) is 20.3 Å². The first-order valence-electron chi connectivity index (χ1n) is 8.41. The quantitative estimate of drug-likeness (QED) is 0.761. The number of para-hydroxylation sites is 2. The first-order chi connectivity index (χ1) is 12.8. The zero-order valence-electron chi connectivity index (χ0n) is 14.3. The maximum atomic E-state index is 13.0. The molecular formula is C19H19N5O2. The van der Waals surface area contributed by atoms with Gasteiger partial charge in [0.1, 0.15) is 11.8 Å². The number of ether oxygens (including phenoxy) is 1. The van der Waals surface area contributed by atoms with Gasteiger partial charge in [0.2, 0.25) is 0 Å². The molecule has 3 aromatic rings. The fraction of sp³-hybridized carbons (Fsp3) is 0.211. The first-order valence-corrected chi connectivity index (χ1v) is 8.41. The molecule has 0 radical (unpaired) electrons. The average molecular weight is 349 g/mol. The van der Waals surface area contributed by atoms with Gasteiger partial charge < -0.3 is 19.9 Å². The van der Waals surface area contributed by atoms with Crippen LogP contribution in [0.4, 0.5) is 10.5 Å². The standard InChI is InChI=1S/C19H19N5O2/c1-26-16-8-3-2-6-13(16)23-19(25)24-11-9-14-17(22-12-21-14)18(24)15-7-4-5-10-20-15/h2-8,10,12,18H,9,11H2,1H3,(H,21,22)(H,23,25)/t18-/m0/s1. The molecule has 7 heteroatoms. The van der Waals surface area contributed by atoms with Crippen LogP contribution < -0.4 is 10.1 Å². The van der Waals surface area contributed by atoms with Gasteiger partial charge in [-0.3, -0.25) is 4.98 Å². The van der Waals surface area contributed by atoms with E-state index in [9.17, 15) is 4.79 Å². The summed E-state index contributed by atoms with van der Waals surface area (Å²) in [4.78, 5) is 26.9. The second-order valence-electron chi connectivity index (χ2n) is 6.00. The molecule has 0 unspecified atom stereocenters. The molecule has 1 aromatic carbocycles. The summed E-state index contributed by atoms with van der Waals surface area (Å²) in [6.07, 6.45) is 4.12. The van der Waals surface area contributed by atoms with Crippen LogP contribution in [0.2, 0.25) is 0 Å². The summed E-state index contributed by atoms with van der Waals surface area (Å²) in [7, 11) is 1.58. The van der Waals surface area contributed by atoms with Crippen molar-refractivity contribution in [2.45, 2.75) is 12.5 Å². The number of nitrogens with one attached hydrogen (secondary N) is 2. The molecule has 2 N–H and O–H groups in total. The number of rotatable bonds is 3. The lowest BCUT2D eigenvalue weighted by Crippen LogP contribution is -2.43. The van der Waals surface area contributed by atoms with Crippen LogP contribution in [0, 0.1) is 0 Å². The van der Waals surface area contributed by atoms with Crippen LogP contribution in [0.25, 0.3) is 0 Å². The summed E-state index contributed by atoms with van der Waals surface area (Å²) in [6.45, 7) is 0.567. The van der Waals surface area contributed by atoms with Crippen LogP contribution in [0.3, 0.4) is 0 Å². The maximum absolute atomic E-state index is 13.0. The van der Waals surface area contributed by atoms with Gasteiger partial charge in [-0.1, -0.05) is 18.2 Å². The number of hydrogen-bond donors (Lipinski definition) is 2. The number of urea groups is 1. The molecule has 1 atom stereocenters. The maximum Gasteiger partial charge on any atom is 0.322 e. The summed E-state index contributed by atoms with van der Waals surface area (Å²) in [5.41, 5.74) is 3.30. The number of H-pyrrole nitrogens is 1. The molecule has 0 aliphatic carbocycles. The van der Waals surface area contributed by atoms with Crippen LogP contribution in [0.5, 0.6) is 5.75 Å². The van der Waals surface area contributed by atoms with Gasteiger partial charge in [0.05, 0.1) is 30.5 Å². The molecule has 1 aliphatic heterocycles. The summed E-state index contributed by atoms with van der Waals surface area (Å²) >= 11 is 0. The van der Waals surface area contributed by atoms with E-state index in [0.29, 0.717) is 18.0 Å². The predicted molar refractivity (Wildman–Crippen MR) is 97.1 cm³/mol. The third-order valence-electron chi connectivity index (χ3n) is 4.50. The number of anilines is 1. The average Bonchev–Trinajstić information content (AvgIpc) is 3.17. The molecule has 0 fully saturated rings. The van der Waals surface area contributed by atoms with Crippen LogP contribution >= 0.6 is 0 Å². The highest BCUT2D eigenvalue weighted by atomic mass is 16.5. The Morgan fingerprint density at radius 2 is 2.08 bits per heavy atom. The van der Waals surface area contributed by atoms with Gasteiger partial charge in [-0.05, 0) is 24.3 Å². The van der Waals surface area contributed by atoms with Gasteiger partial charge in [-0.2, -0.15) is 0 Å². The zero-order chi connectivity index (χ0) is 17.9. The van der Waals surface area contributed by atoms with E-state index < -0.39 is 0 Å². The fourth-order valence-electron chi connectivity index (χ4n) is 3.27. The largest absolute Gasteiger partial charge is 0.495 e. The number of carbonyl (C=O) groups is 1. The van der Waals surface area contributed by atoms with Crippen molar-refractivity contribution in [2.75, 3.05) is 19.0 Å². The second-order valence-corrected chi connectivity index (χ2v) is 6.00. The van der Waals surface area contributed by atoms with Gasteiger partial charge in [0.25, 0.3) is 0 Å². The molecule has 0 spiro atoms. The van der Waals surface area contributed by atoms with E-state index in [0.717, 1.165) is 23.5 Å². The number of imidazole rings is 1. The topological polar surface area (TPSA) is 83.1 Å². The molecule has 2 aromatic heterocycles. The normalized spacial score (nSPS) is 16.0. The minimum Gasteiger partial charge on any atom is -0.495 e. The number of nitrogens with zero attached hydrogens (tertiary/aromatic N) is 3. The number of methoxy groups -OCH3 is 1. The highest BCUT2D eigenvalue weighted by Gasteiger charge is 2.35. The number of hydrogen-bond acceptors (Lipinski definition) is 4. The summed E-state index contributed by atoms with van der Waals surface area (Å²) in [6, 6.07) is 12.5. The third-order valence-corrected chi connectivity index (χ3v) is 4.50. The minimum absolute atomic E-state index is 0.209. The van der Waals surface area contributed by atoms with Crippen molar-refractivity contribution in [3.8, 4) is 5.75 Å². The Labute approximate surface area is 151 Å². The van der Waals surface area contributed by atoms with Crippen molar-refractivity contribution >= 4 is 11.7 Å². The van der Waals surface area contributed by atoms with E-state index in [1.54, 1.807) is 24.5 Å². The smallest absolute Gasteiger partial charge is 0.322 e. The van der Waals surface area contributed by atoms with E-state index >= 15 is 0 Å². The van der Waals surface area contributed by atoms with Gasteiger partial charge in [0.15, 0.2) is 0 Å². The molecule has 0 saturated carbocycles. The zero-order valence-corrected chi connectivity index (χ0v) is 14.3. The highest BCUT2D eigenvalue weighted by molar-refractivity contribution is 5.91. The second kappa shape index (κ2) is 6.87. The summed E-state index contributed by atoms with van der Waals surface area (Å²) in [5.74, 6) is 0.618. The highest BCUT2D eigenvalue weighted by Crippen LogP contribution is 2.33. The molecular weight excluding hydrogens is 330 g/mol. The van der Waals surface area contributed by atoms with Crippen molar-refractivity contribution < 1.29 is 9.53 Å². The number of fused-ring (bicyclic) bond motifs is 1. The summed E-state index contributed by atoms with van der Waals surface area (Å²) < 4.78 is 5.33. The Morgan fingerprint density at radius 1 is 1.23 bits per heavy atom. The number of pyridine rings is 1. The molecule has 0 bridgehead atoms. The predicted octanol–water partition coefficient (Wildman–Crippen LogP) is 2.99. The monoisotopic (exact) mass is 349 g/mol. The van der Waals surface area contributed by atoms with E-state index in [1.165, 1.54) is 0 Å². The van der Waals surface area contributed by atoms with Crippen LogP contribution in [0.15, 0.2) is 55.0 Å². The number of aromatic nitrogens is 3. The number of amides is 2. The van der Waals surface area contributed by atoms with Crippen molar-refractivity contribution in [1.29, 1.82) is 0 Å². The van der Waals surface area contributed by atoms with E-state index in [1.807, 2.05) is 42.5 Å². The lowest BCUT2D eigenvalue weighted by atomic mass is 10.00. The van der Waals surface area contributed by atoms with Gasteiger partial charge in [-0.25, -0.2) is 9.78 Å². The Morgan fingerprint density at radius 3 is 2.88 bits per heavy atom. The van der Waals surface area contributed by atoms with E-state index in [-0.39, 0.29) is 12.1 Å². The van der Waals surface area contributed by atoms with Crippen molar-refractivity contribution in [1.82, 2.24) is 19.9 Å². The van der Waals surface area contributed by atoms with Crippen LogP contribution in [-0.4, -0.2) is 39.5 Å². The molecule has 1 aliphatic rings. The Hall–Kier alpha value is -3.35. The molecule has 0 saturated heterocycles. The molecule has 3 heterocycles. The summed E-state index contributed by atoms with van der Waals surface area (Å²) in [5, 5.41) is 2.95. The molecule has 2 amide bonds. The Balaban J connectivity index is 1.67. The first kappa shape index (κ1) is 16.1. The number of benzene rings is 1. The van der Waals surface area contributed by atoms with Crippen molar-refractivity contribution in [3.63, 3.8) is 0 Å². The fourth-order valence-corrected chi connectivity index (χ4v) is 3.27. The molecule has 132 valence electrons. The molecule has 26 heavy (non-hydrogen) atoms. The van der Waals surface area contributed by atoms with Crippen LogP contribution in [0.1, 0.15) is 23.1 Å². The lowest BCUT2D eigenvalue weighted by Gasteiger charge is -2.34. The molecule has 4 rings (SSSR count). The van der Waals surface area contributed by atoms with Crippen molar-refractivity contribution in [2.24, 2.45) is 0 Å². The Bertz CT molecular complexity index is 909. The van der Waals surface area contributed by atoms with Crippen LogP contribution in [-0.2, 0) is 6.42 Å². The van der Waals surface area contributed by atoms with E-state index in [4.69, 9.17) is 4.74 Å². The van der Waals surface area contributed by atoms with Gasteiger partial charge >= 0.3 is 6.03 Å². The number of aromatic amines is 1.